The summed E-state index contributed by atoms with van der Waals surface area (Å²) in [5.74, 6) is 1.12. The van der Waals surface area contributed by atoms with Crippen LogP contribution in [0.3, 0.4) is 0 Å². The molecule has 0 bridgehead atoms. The van der Waals surface area contributed by atoms with Crippen LogP contribution in [-0.4, -0.2) is 31.9 Å². The van der Waals surface area contributed by atoms with Crippen LogP contribution in [0, 0.1) is 41.5 Å². The smallest absolute Gasteiger partial charge is 0.122 e. The molecule has 0 saturated carbocycles. The predicted molar refractivity (Wildman–Crippen MR) is 200 cm³/mol. The van der Waals surface area contributed by atoms with Gasteiger partial charge < -0.3 is 25.6 Å². The lowest BCUT2D eigenvalue weighted by Crippen LogP contribution is -2.48. The lowest BCUT2D eigenvalue weighted by atomic mass is 9.82. The van der Waals surface area contributed by atoms with Crippen molar-refractivity contribution < 1.29 is 15.3 Å². The van der Waals surface area contributed by atoms with Crippen molar-refractivity contribution in [3.63, 3.8) is 0 Å². The number of phenols is 3. The zero-order chi connectivity index (χ0) is 36.3. The van der Waals surface area contributed by atoms with E-state index in [-0.39, 0.29) is 16.2 Å². The number of phenolic OH excluding ortho intramolecular Hbond substituents is 3. The third kappa shape index (κ3) is 7.49. The molecule has 0 atom stereocenters. The first-order chi connectivity index (χ1) is 21.9. The molecule has 1 aliphatic rings. The standard InChI is InChI=1S/C42H61N3O3/c1-24-16-34(40(7,8)9)37(46)27(4)31(24)19-30-20-44(21-32-25(2)17-35(41(10,11)12)38(47)28(32)5)23-45(43-30)22-33-26(3)18-36(42(13,14)15)39(48)29(33)6/h16-18,20,43,46-48H,19,21-23H2,1-15H3. The van der Waals surface area contributed by atoms with Gasteiger partial charge in [0.25, 0.3) is 0 Å². The summed E-state index contributed by atoms with van der Waals surface area (Å²) in [6.07, 6.45) is 2.82. The SMILES string of the molecule is Cc1cc(C(C)(C)C)c(O)c(C)c1CC1=CN(Cc2c(C)cc(C(C)(C)C)c(O)c2C)CN(Cc2c(C)cc(C(C)(C)C)c(O)c2C)N1. The minimum Gasteiger partial charge on any atom is -0.507 e. The molecule has 0 amide bonds. The van der Waals surface area contributed by atoms with Gasteiger partial charge in [0.15, 0.2) is 0 Å². The van der Waals surface area contributed by atoms with E-state index in [1.165, 1.54) is 5.56 Å². The molecule has 0 radical (unpaired) electrons. The van der Waals surface area contributed by atoms with Gasteiger partial charge in [0.2, 0.25) is 0 Å². The summed E-state index contributed by atoms with van der Waals surface area (Å²) in [6.45, 7) is 33.5. The Kier molecular flexibility index (Phi) is 10.1. The van der Waals surface area contributed by atoms with Crippen molar-refractivity contribution in [1.82, 2.24) is 15.3 Å². The molecular formula is C42H61N3O3. The highest BCUT2D eigenvalue weighted by Crippen LogP contribution is 2.40. The van der Waals surface area contributed by atoms with E-state index in [1.807, 2.05) is 20.8 Å². The van der Waals surface area contributed by atoms with Crippen molar-refractivity contribution in [3.05, 3.63) is 96.9 Å². The van der Waals surface area contributed by atoms with Crippen LogP contribution in [0.5, 0.6) is 17.2 Å². The number of allylic oxidation sites excluding steroid dienone is 1. The molecule has 4 rings (SSSR count). The number of hydrogen-bond donors (Lipinski definition) is 4. The van der Waals surface area contributed by atoms with E-state index in [1.54, 1.807) is 0 Å². The Morgan fingerprint density at radius 1 is 0.562 bits per heavy atom. The Hall–Kier alpha value is -3.64. The van der Waals surface area contributed by atoms with Gasteiger partial charge in [0, 0.05) is 31.4 Å². The van der Waals surface area contributed by atoms with Gasteiger partial charge in [0.05, 0.1) is 6.67 Å². The normalized spacial score (nSPS) is 14.7. The van der Waals surface area contributed by atoms with Crippen LogP contribution in [0.15, 0.2) is 30.1 Å². The summed E-state index contributed by atoms with van der Waals surface area (Å²) in [7, 11) is 0. The van der Waals surface area contributed by atoms with Gasteiger partial charge in [-0.15, -0.1) is 0 Å². The molecule has 262 valence electrons. The second-order valence-corrected chi connectivity index (χ2v) is 17.4. The van der Waals surface area contributed by atoms with Crippen molar-refractivity contribution >= 4 is 0 Å². The average molecular weight is 656 g/mol. The fourth-order valence-electron chi connectivity index (χ4n) is 7.11. The molecule has 6 heteroatoms. The lowest BCUT2D eigenvalue weighted by molar-refractivity contribution is 0.0924. The molecule has 1 heterocycles. The maximum absolute atomic E-state index is 11.3. The molecule has 3 aromatic rings. The zero-order valence-corrected chi connectivity index (χ0v) is 32.4. The van der Waals surface area contributed by atoms with E-state index in [2.05, 4.69) is 123 Å². The Balaban J connectivity index is 1.78. The predicted octanol–water partition coefficient (Wildman–Crippen LogP) is 9.41. The average Bonchev–Trinajstić information content (AvgIpc) is 2.95. The van der Waals surface area contributed by atoms with Gasteiger partial charge in [0.1, 0.15) is 17.2 Å². The van der Waals surface area contributed by atoms with Crippen LogP contribution in [0.25, 0.3) is 0 Å². The summed E-state index contributed by atoms with van der Waals surface area (Å²) >= 11 is 0. The van der Waals surface area contributed by atoms with E-state index in [9.17, 15) is 15.3 Å². The number of aryl methyl sites for hydroxylation is 3. The van der Waals surface area contributed by atoms with Crippen molar-refractivity contribution in [2.75, 3.05) is 6.67 Å². The van der Waals surface area contributed by atoms with Crippen LogP contribution in [0.4, 0.5) is 0 Å². The third-order valence-corrected chi connectivity index (χ3v) is 10.2. The number of nitrogens with zero attached hydrogens (tertiary/aromatic N) is 2. The van der Waals surface area contributed by atoms with Crippen molar-refractivity contribution in [3.8, 4) is 17.2 Å². The maximum Gasteiger partial charge on any atom is 0.122 e. The zero-order valence-electron chi connectivity index (χ0n) is 32.4. The Morgan fingerprint density at radius 2 is 0.917 bits per heavy atom. The van der Waals surface area contributed by atoms with Crippen LogP contribution < -0.4 is 5.43 Å². The first-order valence-corrected chi connectivity index (χ1v) is 17.4. The van der Waals surface area contributed by atoms with Gasteiger partial charge in [-0.05, 0) is 125 Å². The minimum absolute atomic E-state index is 0.162. The van der Waals surface area contributed by atoms with E-state index in [0.29, 0.717) is 43.4 Å². The largest absolute Gasteiger partial charge is 0.507 e. The van der Waals surface area contributed by atoms with Gasteiger partial charge in [-0.25, -0.2) is 0 Å². The van der Waals surface area contributed by atoms with Gasteiger partial charge in [-0.3, -0.25) is 0 Å². The molecule has 0 aromatic heterocycles. The summed E-state index contributed by atoms with van der Waals surface area (Å²) in [5, 5.41) is 36.1. The van der Waals surface area contributed by atoms with Gasteiger partial charge in [-0.1, -0.05) is 80.5 Å². The first-order valence-electron chi connectivity index (χ1n) is 17.4. The van der Waals surface area contributed by atoms with Gasteiger partial charge >= 0.3 is 0 Å². The maximum atomic E-state index is 11.3. The molecule has 48 heavy (non-hydrogen) atoms. The fraction of sp³-hybridized carbons (Fsp3) is 0.524. The molecule has 0 fully saturated rings. The second kappa shape index (κ2) is 13.0. The van der Waals surface area contributed by atoms with Crippen LogP contribution in [0.2, 0.25) is 0 Å². The number of rotatable bonds is 6. The Morgan fingerprint density at radius 3 is 1.31 bits per heavy atom. The number of hydrogen-bond acceptors (Lipinski definition) is 6. The third-order valence-electron chi connectivity index (χ3n) is 10.2. The molecule has 4 N–H and O–H groups in total. The quantitative estimate of drug-likeness (QED) is 0.212. The van der Waals surface area contributed by atoms with Crippen LogP contribution in [-0.2, 0) is 35.8 Å². The van der Waals surface area contributed by atoms with Crippen molar-refractivity contribution in [1.29, 1.82) is 0 Å². The number of hydrazine groups is 1. The number of benzene rings is 3. The minimum atomic E-state index is -0.165. The summed E-state index contributed by atoms with van der Waals surface area (Å²) in [6, 6.07) is 6.41. The van der Waals surface area contributed by atoms with Crippen molar-refractivity contribution in [2.24, 2.45) is 0 Å². The molecular weight excluding hydrogens is 594 g/mol. The summed E-state index contributed by atoms with van der Waals surface area (Å²) < 4.78 is 0. The molecule has 0 saturated heterocycles. The highest BCUT2D eigenvalue weighted by atomic mass is 16.3. The molecule has 3 aromatic carbocycles. The summed E-state index contributed by atoms with van der Waals surface area (Å²) in [5.41, 5.74) is 16.7. The highest BCUT2D eigenvalue weighted by Gasteiger charge is 2.28. The van der Waals surface area contributed by atoms with Crippen LogP contribution in [0.1, 0.15) is 129 Å². The van der Waals surface area contributed by atoms with Crippen molar-refractivity contribution in [2.45, 2.75) is 140 Å². The number of aromatic hydroxyl groups is 3. The van der Waals surface area contributed by atoms with E-state index >= 15 is 0 Å². The van der Waals surface area contributed by atoms with E-state index in [4.69, 9.17) is 0 Å². The Bertz CT molecular complexity index is 1750. The fourth-order valence-corrected chi connectivity index (χ4v) is 7.11. The lowest BCUT2D eigenvalue weighted by Gasteiger charge is -2.38. The summed E-state index contributed by atoms with van der Waals surface area (Å²) in [4.78, 5) is 2.31. The topological polar surface area (TPSA) is 79.2 Å². The molecule has 1 aliphatic heterocycles. The Labute approximate surface area is 290 Å². The molecule has 0 spiro atoms. The first kappa shape index (κ1) is 37.2. The molecule has 6 nitrogen and oxygen atoms in total. The monoisotopic (exact) mass is 655 g/mol. The molecule has 0 aliphatic carbocycles. The highest BCUT2D eigenvalue weighted by molar-refractivity contribution is 5.54. The number of nitrogens with one attached hydrogen (secondary N) is 1. The van der Waals surface area contributed by atoms with Crippen LogP contribution >= 0.6 is 0 Å². The van der Waals surface area contributed by atoms with Gasteiger partial charge in [-0.2, -0.15) is 5.01 Å². The van der Waals surface area contributed by atoms with E-state index in [0.717, 1.165) is 66.9 Å². The van der Waals surface area contributed by atoms with E-state index < -0.39 is 0 Å². The molecule has 0 unspecified atom stereocenters. The second-order valence-electron chi connectivity index (χ2n) is 17.4.